The first-order valence-electron chi connectivity index (χ1n) is 7.50. The topological polar surface area (TPSA) is 0 Å². The highest BCUT2D eigenvalue weighted by molar-refractivity contribution is 7.12. The van der Waals surface area contributed by atoms with Crippen molar-refractivity contribution in [3.05, 3.63) is 60.7 Å². The first kappa shape index (κ1) is 16.1. The van der Waals surface area contributed by atoms with Gasteiger partial charge in [-0.05, 0) is 0 Å². The van der Waals surface area contributed by atoms with E-state index in [-0.39, 0.29) is 0 Å². The van der Waals surface area contributed by atoms with Crippen LogP contribution in [0.5, 0.6) is 0 Å². The molecule has 0 fully saturated rings. The van der Waals surface area contributed by atoms with Gasteiger partial charge in [0.1, 0.15) is 0 Å². The van der Waals surface area contributed by atoms with E-state index in [1.807, 2.05) is 0 Å². The Morgan fingerprint density at radius 1 is 0.900 bits per heavy atom. The Kier molecular flexibility index (Phi) is 6.62. The molecule has 0 nitrogen and oxygen atoms in total. The first-order valence-corrected chi connectivity index (χ1v) is 13.1. The third-order valence-electron chi connectivity index (χ3n) is 4.13. The highest BCUT2D eigenvalue weighted by atomic mass is 35.5. The Labute approximate surface area is 137 Å². The number of rotatable bonds is 7. The lowest BCUT2D eigenvalue weighted by atomic mass is 10.4. The van der Waals surface area contributed by atoms with Crippen LogP contribution >= 0.6 is 9.07 Å². The van der Waals surface area contributed by atoms with Crippen molar-refractivity contribution in [1.29, 1.82) is 0 Å². The molecule has 102 valence electrons. The van der Waals surface area contributed by atoms with Crippen LogP contribution in [0.3, 0.4) is 0 Å². The van der Waals surface area contributed by atoms with Gasteiger partial charge in [0.05, 0.1) is 8.07 Å². The summed E-state index contributed by atoms with van der Waals surface area (Å²) in [5.74, 6) is 0. The van der Waals surface area contributed by atoms with Crippen molar-refractivity contribution >= 4 is 46.8 Å². The van der Waals surface area contributed by atoms with Gasteiger partial charge < -0.3 is 9.07 Å². The highest BCUT2D eigenvalue weighted by Crippen LogP contribution is 2.20. The van der Waals surface area contributed by atoms with Gasteiger partial charge in [-0.2, -0.15) is 0 Å². The second-order valence-corrected chi connectivity index (χ2v) is 12.7. The standard InChI is InChI=1S/C17H21Si.ClH.Mg/c1-3-4-15-18(2,16-11-7-5-8-12-16)17-13-9-6-10-14-17;;/h5-14H,2-4,15H2,1H3;1H;/q;;+1/p-1. The molecule has 0 aliphatic carbocycles. The van der Waals surface area contributed by atoms with Crippen molar-refractivity contribution in [2.24, 2.45) is 0 Å². The maximum absolute atomic E-state index is 6.34. The Bertz CT molecular complexity index is 461. The van der Waals surface area contributed by atoms with Crippen LogP contribution in [0.25, 0.3) is 0 Å². The molecule has 0 N–H and O–H groups in total. The second-order valence-electron chi connectivity index (χ2n) is 5.36. The lowest BCUT2D eigenvalue weighted by Gasteiger charge is -2.33. The molecule has 0 spiro atoms. The summed E-state index contributed by atoms with van der Waals surface area (Å²) in [7, 11) is 4.70. The van der Waals surface area contributed by atoms with Crippen LogP contribution in [0.1, 0.15) is 19.8 Å². The molecule has 0 saturated heterocycles. The van der Waals surface area contributed by atoms with E-state index < -0.39 is 27.3 Å². The fourth-order valence-corrected chi connectivity index (χ4v) is 14.1. The Morgan fingerprint density at radius 3 is 1.80 bits per heavy atom. The molecule has 3 heteroatoms. The van der Waals surface area contributed by atoms with Crippen LogP contribution in [0.4, 0.5) is 0 Å². The summed E-state index contributed by atoms with van der Waals surface area (Å²) >= 11 is -0.472. The summed E-state index contributed by atoms with van der Waals surface area (Å²) in [5.41, 5.74) is 0. The minimum Gasteiger partial charge on any atom is -0.346 e. The molecule has 0 aromatic heterocycles. The molecule has 0 aliphatic rings. The van der Waals surface area contributed by atoms with Crippen molar-refractivity contribution in [1.82, 2.24) is 0 Å². The zero-order valence-electron chi connectivity index (χ0n) is 12.2. The van der Waals surface area contributed by atoms with E-state index in [0.29, 0.717) is 0 Å². The van der Waals surface area contributed by atoms with Crippen molar-refractivity contribution < 1.29 is 0 Å². The monoisotopic (exact) mass is 312 g/mol. The van der Waals surface area contributed by atoms with E-state index in [1.165, 1.54) is 23.1 Å². The Morgan fingerprint density at radius 2 is 1.40 bits per heavy atom. The van der Waals surface area contributed by atoms with Crippen LogP contribution in [-0.4, -0.2) is 27.3 Å². The molecule has 2 aromatic rings. The van der Waals surface area contributed by atoms with E-state index >= 15 is 0 Å². The molecule has 0 aliphatic heterocycles. The summed E-state index contributed by atoms with van der Waals surface area (Å²) < 4.78 is 1.27. The normalized spacial score (nSPS) is 11.1. The molecule has 0 heterocycles. The molecule has 2 aromatic carbocycles. The van der Waals surface area contributed by atoms with E-state index in [9.17, 15) is 0 Å². The minimum atomic E-state index is -1.64. The fourth-order valence-electron chi connectivity index (χ4n) is 3.02. The maximum Gasteiger partial charge on any atom is 0.499 e. The number of benzene rings is 2. The first-order chi connectivity index (χ1) is 9.83. The highest BCUT2D eigenvalue weighted by Gasteiger charge is 2.35. The average molecular weight is 313 g/mol. The molecule has 0 bridgehead atoms. The zero-order valence-corrected chi connectivity index (χ0v) is 15.4. The summed E-state index contributed by atoms with van der Waals surface area (Å²) in [5, 5.41) is 3.13. The quantitative estimate of drug-likeness (QED) is 0.681. The second kappa shape index (κ2) is 8.23. The van der Waals surface area contributed by atoms with Gasteiger partial charge in [0.15, 0.2) is 0 Å². The van der Waals surface area contributed by atoms with Gasteiger partial charge in [-0.1, -0.05) is 96.8 Å². The maximum atomic E-state index is 6.34. The van der Waals surface area contributed by atoms with E-state index in [2.05, 4.69) is 67.6 Å². The summed E-state index contributed by atoms with van der Waals surface area (Å²) in [6.07, 6.45) is 2.57. The van der Waals surface area contributed by atoms with Crippen LogP contribution < -0.4 is 10.4 Å². The number of hydrogen-bond acceptors (Lipinski definition) is 0. The molecule has 0 atom stereocenters. The molecule has 2 rings (SSSR count). The Hall–Kier alpha value is -0.287. The van der Waals surface area contributed by atoms with Crippen LogP contribution in [-0.2, 0) is 0 Å². The lowest BCUT2D eigenvalue weighted by Crippen LogP contribution is -2.58. The van der Waals surface area contributed by atoms with E-state index in [1.54, 1.807) is 10.4 Å². The number of hydrogen-bond donors (Lipinski definition) is 0. The fraction of sp³-hybridized carbons (Fsp3) is 0.294. The summed E-state index contributed by atoms with van der Waals surface area (Å²) in [6.45, 7) is 2.28. The van der Waals surface area contributed by atoms with Gasteiger partial charge >= 0.3 is 19.3 Å². The molecular formula is C17H21ClMgSi. The molecule has 0 unspecified atom stereocenters. The lowest BCUT2D eigenvalue weighted by molar-refractivity contribution is 0.871. The molecule has 20 heavy (non-hydrogen) atoms. The van der Waals surface area contributed by atoms with Crippen molar-refractivity contribution in [3.8, 4) is 0 Å². The SMILES string of the molecule is CCCC[Si]([CH2][Mg][Cl])(c1ccccc1)c1ccccc1. The third kappa shape index (κ3) is 3.67. The molecular weight excluding hydrogens is 292 g/mol. The van der Waals surface area contributed by atoms with Gasteiger partial charge in [-0.3, -0.25) is 0 Å². The predicted molar refractivity (Wildman–Crippen MR) is 94.0 cm³/mol. The minimum absolute atomic E-state index is 0.472. The van der Waals surface area contributed by atoms with Crippen LogP contribution in [0.2, 0.25) is 10.2 Å². The van der Waals surface area contributed by atoms with Crippen LogP contribution in [0, 0.1) is 0 Å². The largest absolute Gasteiger partial charge is 0.499 e. The molecule has 0 amide bonds. The van der Waals surface area contributed by atoms with Crippen LogP contribution in [0.15, 0.2) is 60.7 Å². The zero-order chi connectivity index (χ0) is 14.3. The van der Waals surface area contributed by atoms with Crippen molar-refractivity contribution in [2.45, 2.75) is 30.0 Å². The van der Waals surface area contributed by atoms with E-state index in [4.69, 9.17) is 9.07 Å². The third-order valence-corrected chi connectivity index (χ3v) is 14.1. The Balaban J connectivity index is 2.50. The number of unbranched alkanes of at least 4 members (excludes halogenated alkanes) is 1. The predicted octanol–water partition coefficient (Wildman–Crippen LogP) is 3.87. The van der Waals surface area contributed by atoms with Gasteiger partial charge in [-0.25, -0.2) is 0 Å². The average Bonchev–Trinajstić information content (AvgIpc) is 2.53. The van der Waals surface area contributed by atoms with Gasteiger partial charge in [-0.15, -0.1) is 4.17 Å². The summed E-state index contributed by atoms with van der Waals surface area (Å²) in [4.78, 5) is 0. The van der Waals surface area contributed by atoms with Crippen molar-refractivity contribution in [2.75, 3.05) is 0 Å². The molecule has 0 saturated carbocycles. The van der Waals surface area contributed by atoms with E-state index in [0.717, 1.165) is 0 Å². The van der Waals surface area contributed by atoms with Crippen molar-refractivity contribution in [3.63, 3.8) is 0 Å². The van der Waals surface area contributed by atoms with Gasteiger partial charge in [0.25, 0.3) is 0 Å². The smallest absolute Gasteiger partial charge is 0.346 e. The van der Waals surface area contributed by atoms with Gasteiger partial charge in [0, 0.05) is 0 Å². The van der Waals surface area contributed by atoms with Gasteiger partial charge in [0.2, 0.25) is 0 Å². The number of halogens is 1. The molecule has 0 radical (unpaired) electrons. The summed E-state index contributed by atoms with van der Waals surface area (Å²) in [6, 6.07) is 23.6.